The molecule has 0 aromatic carbocycles. The van der Waals surface area contributed by atoms with Gasteiger partial charge in [0.25, 0.3) is 0 Å². The van der Waals surface area contributed by atoms with Crippen LogP contribution in [0.2, 0.25) is 0 Å². The van der Waals surface area contributed by atoms with E-state index >= 15 is 0 Å². The molecule has 5 nitrogen and oxygen atoms in total. The van der Waals surface area contributed by atoms with Crippen molar-refractivity contribution in [2.24, 2.45) is 0 Å². The van der Waals surface area contributed by atoms with E-state index in [4.69, 9.17) is 18.9 Å². The monoisotopic (exact) mass is 232 g/mol. The third-order valence-corrected chi connectivity index (χ3v) is 2.34. The Labute approximate surface area is 95.9 Å². The maximum atomic E-state index is 9.21. The average molecular weight is 232 g/mol. The Morgan fingerprint density at radius 1 is 1.50 bits per heavy atom. The highest BCUT2D eigenvalue weighted by Gasteiger charge is 2.44. The minimum atomic E-state index is -0.713. The van der Waals surface area contributed by atoms with Crippen molar-refractivity contribution in [1.82, 2.24) is 0 Å². The van der Waals surface area contributed by atoms with Gasteiger partial charge in [-0.1, -0.05) is 6.08 Å². The molecule has 16 heavy (non-hydrogen) atoms. The SMILES string of the molecule is C=C[C@H](OCOC)[C@@H]1OC(C)(C)O[C@H]1CO. The molecule has 0 aliphatic carbocycles. The van der Waals surface area contributed by atoms with Crippen molar-refractivity contribution in [3.63, 3.8) is 0 Å². The summed E-state index contributed by atoms with van der Waals surface area (Å²) in [5.74, 6) is -0.713. The molecule has 0 amide bonds. The Bertz CT molecular complexity index is 228. The quantitative estimate of drug-likeness (QED) is 0.539. The number of aliphatic hydroxyl groups is 1. The molecule has 0 radical (unpaired) electrons. The van der Waals surface area contributed by atoms with Crippen LogP contribution < -0.4 is 0 Å². The minimum Gasteiger partial charge on any atom is -0.394 e. The van der Waals surface area contributed by atoms with Crippen LogP contribution in [0, 0.1) is 0 Å². The van der Waals surface area contributed by atoms with Crippen LogP contribution in [0.5, 0.6) is 0 Å². The van der Waals surface area contributed by atoms with Gasteiger partial charge in [-0.25, -0.2) is 0 Å². The fourth-order valence-electron chi connectivity index (χ4n) is 1.73. The van der Waals surface area contributed by atoms with Gasteiger partial charge in [0.05, 0.1) is 6.61 Å². The summed E-state index contributed by atoms with van der Waals surface area (Å²) >= 11 is 0. The minimum absolute atomic E-state index is 0.116. The van der Waals surface area contributed by atoms with Gasteiger partial charge in [-0.15, -0.1) is 6.58 Å². The molecule has 1 heterocycles. The molecule has 1 N–H and O–H groups in total. The number of hydrogen-bond acceptors (Lipinski definition) is 5. The molecule has 0 bridgehead atoms. The van der Waals surface area contributed by atoms with E-state index in [-0.39, 0.29) is 25.6 Å². The summed E-state index contributed by atoms with van der Waals surface area (Å²) in [7, 11) is 1.54. The first-order chi connectivity index (χ1) is 7.54. The van der Waals surface area contributed by atoms with E-state index in [1.165, 1.54) is 0 Å². The van der Waals surface area contributed by atoms with Gasteiger partial charge in [-0.3, -0.25) is 0 Å². The van der Waals surface area contributed by atoms with Gasteiger partial charge in [0, 0.05) is 7.11 Å². The zero-order chi connectivity index (χ0) is 12.2. The van der Waals surface area contributed by atoms with E-state index < -0.39 is 11.9 Å². The van der Waals surface area contributed by atoms with E-state index in [9.17, 15) is 5.11 Å². The molecule has 3 atom stereocenters. The Kier molecular flexibility index (Phi) is 4.89. The highest BCUT2D eigenvalue weighted by molar-refractivity contribution is 4.95. The van der Waals surface area contributed by atoms with Gasteiger partial charge < -0.3 is 24.1 Å². The smallest absolute Gasteiger partial charge is 0.164 e. The highest BCUT2D eigenvalue weighted by atomic mass is 16.8. The molecule has 1 aliphatic heterocycles. The van der Waals surface area contributed by atoms with Gasteiger partial charge in [0.1, 0.15) is 25.1 Å². The predicted octanol–water partition coefficient (Wildman–Crippen LogP) is 0.674. The fraction of sp³-hybridized carbons (Fsp3) is 0.818. The van der Waals surface area contributed by atoms with Crippen LogP contribution >= 0.6 is 0 Å². The summed E-state index contributed by atoms with van der Waals surface area (Å²) < 4.78 is 21.4. The molecule has 1 fully saturated rings. The third kappa shape index (κ3) is 3.26. The highest BCUT2D eigenvalue weighted by Crippen LogP contribution is 2.30. The third-order valence-electron chi connectivity index (χ3n) is 2.34. The fourth-order valence-corrected chi connectivity index (χ4v) is 1.73. The summed E-state index contributed by atoms with van der Waals surface area (Å²) in [6.07, 6.45) is 0.485. The molecule has 1 aliphatic rings. The van der Waals surface area contributed by atoms with Crippen molar-refractivity contribution in [1.29, 1.82) is 0 Å². The largest absolute Gasteiger partial charge is 0.394 e. The second-order valence-electron chi connectivity index (χ2n) is 4.09. The average Bonchev–Trinajstić information content (AvgIpc) is 2.55. The summed E-state index contributed by atoms with van der Waals surface area (Å²) in [5.41, 5.74) is 0. The van der Waals surface area contributed by atoms with E-state index in [1.54, 1.807) is 27.0 Å². The zero-order valence-corrected chi connectivity index (χ0v) is 10.0. The molecule has 0 aromatic rings. The Balaban J connectivity index is 2.64. The first-order valence-corrected chi connectivity index (χ1v) is 5.23. The molecule has 1 rings (SSSR count). The molecule has 0 spiro atoms. The summed E-state index contributed by atoms with van der Waals surface area (Å²) in [5, 5.41) is 9.21. The van der Waals surface area contributed by atoms with Gasteiger partial charge in [0.15, 0.2) is 5.79 Å². The van der Waals surface area contributed by atoms with Crippen molar-refractivity contribution < 1.29 is 24.1 Å². The molecule has 0 aromatic heterocycles. The van der Waals surface area contributed by atoms with Gasteiger partial charge in [-0.2, -0.15) is 0 Å². The van der Waals surface area contributed by atoms with Gasteiger partial charge in [0.2, 0.25) is 0 Å². The van der Waals surface area contributed by atoms with Crippen molar-refractivity contribution in [2.45, 2.75) is 37.9 Å². The van der Waals surface area contributed by atoms with E-state index in [2.05, 4.69) is 6.58 Å². The molecule has 1 saturated heterocycles. The number of ether oxygens (including phenoxy) is 4. The van der Waals surface area contributed by atoms with E-state index in [1.807, 2.05) is 0 Å². The number of rotatable bonds is 6. The van der Waals surface area contributed by atoms with Crippen LogP contribution in [0.1, 0.15) is 13.8 Å². The second kappa shape index (κ2) is 5.75. The molecular weight excluding hydrogens is 212 g/mol. The maximum absolute atomic E-state index is 9.21. The molecular formula is C11H20O5. The molecule has 0 unspecified atom stereocenters. The Hall–Kier alpha value is -0.460. The van der Waals surface area contributed by atoms with Crippen molar-refractivity contribution in [3.8, 4) is 0 Å². The first kappa shape index (κ1) is 13.6. The lowest BCUT2D eigenvalue weighted by atomic mass is 10.1. The van der Waals surface area contributed by atoms with E-state index in [0.717, 1.165) is 0 Å². The first-order valence-electron chi connectivity index (χ1n) is 5.23. The zero-order valence-electron chi connectivity index (χ0n) is 10.0. The van der Waals surface area contributed by atoms with Crippen LogP contribution in [-0.4, -0.2) is 49.7 Å². The number of methoxy groups -OCH3 is 1. The summed E-state index contributed by atoms with van der Waals surface area (Å²) in [6, 6.07) is 0. The summed E-state index contributed by atoms with van der Waals surface area (Å²) in [6.45, 7) is 7.30. The predicted molar refractivity (Wildman–Crippen MR) is 57.9 cm³/mol. The normalized spacial score (nSPS) is 30.2. The topological polar surface area (TPSA) is 57.2 Å². The van der Waals surface area contributed by atoms with Crippen LogP contribution in [0.3, 0.4) is 0 Å². The lowest BCUT2D eigenvalue weighted by Gasteiger charge is -2.23. The van der Waals surface area contributed by atoms with Crippen LogP contribution in [0.4, 0.5) is 0 Å². The molecule has 5 heteroatoms. The van der Waals surface area contributed by atoms with Crippen LogP contribution in [-0.2, 0) is 18.9 Å². The van der Waals surface area contributed by atoms with Crippen molar-refractivity contribution in [2.75, 3.05) is 20.5 Å². The van der Waals surface area contributed by atoms with Crippen LogP contribution in [0.15, 0.2) is 12.7 Å². The van der Waals surface area contributed by atoms with Gasteiger partial charge >= 0.3 is 0 Å². The molecule has 0 saturated carbocycles. The Morgan fingerprint density at radius 2 is 2.19 bits per heavy atom. The second-order valence-corrected chi connectivity index (χ2v) is 4.09. The lowest BCUT2D eigenvalue weighted by Crippen LogP contribution is -2.38. The standard InChI is InChI=1S/C11H20O5/c1-5-8(14-7-13-4)10-9(6-12)15-11(2,3)16-10/h5,8-10,12H,1,6-7H2,2-4H3/t8-,9-,10-/m0/s1. The summed E-state index contributed by atoms with van der Waals surface area (Å²) in [4.78, 5) is 0. The Morgan fingerprint density at radius 3 is 2.69 bits per heavy atom. The van der Waals surface area contributed by atoms with E-state index in [0.29, 0.717) is 0 Å². The van der Waals surface area contributed by atoms with Crippen LogP contribution in [0.25, 0.3) is 0 Å². The van der Waals surface area contributed by atoms with Crippen molar-refractivity contribution in [3.05, 3.63) is 12.7 Å². The molecule has 94 valence electrons. The maximum Gasteiger partial charge on any atom is 0.164 e. The lowest BCUT2D eigenvalue weighted by molar-refractivity contribution is -0.164. The van der Waals surface area contributed by atoms with Gasteiger partial charge in [-0.05, 0) is 13.8 Å². The number of hydrogen-bond donors (Lipinski definition) is 1. The number of aliphatic hydroxyl groups excluding tert-OH is 1. The van der Waals surface area contributed by atoms with Crippen molar-refractivity contribution >= 4 is 0 Å².